The van der Waals surface area contributed by atoms with Crippen LogP contribution in [0.2, 0.25) is 0 Å². The summed E-state index contributed by atoms with van der Waals surface area (Å²) in [5.74, 6) is -0.755. The van der Waals surface area contributed by atoms with Crippen LogP contribution in [0.4, 0.5) is 50.0 Å². The second-order valence-corrected chi connectivity index (χ2v) is 9.96. The molecule has 218 valence electrons. The number of benzene rings is 1. The molecule has 14 heteroatoms. The molecule has 1 saturated carbocycles. The number of alkyl halides is 9. The molecule has 0 spiro atoms. The Labute approximate surface area is 227 Å². The van der Waals surface area contributed by atoms with Gasteiger partial charge in [0.1, 0.15) is 0 Å². The van der Waals surface area contributed by atoms with Gasteiger partial charge in [0, 0.05) is 41.6 Å². The average Bonchev–Trinajstić information content (AvgIpc) is 3.62. The number of anilines is 1. The lowest BCUT2D eigenvalue weighted by atomic mass is 9.93. The molecule has 5 rings (SSSR count). The minimum Gasteiger partial charge on any atom is -0.311 e. The van der Waals surface area contributed by atoms with Gasteiger partial charge in [-0.05, 0) is 55.2 Å². The fourth-order valence-corrected chi connectivity index (χ4v) is 5.21. The van der Waals surface area contributed by atoms with Crippen molar-refractivity contribution in [3.05, 3.63) is 76.0 Å². The van der Waals surface area contributed by atoms with Gasteiger partial charge in [-0.3, -0.25) is 9.98 Å². The Hall–Kier alpha value is -3.84. The molecule has 0 bridgehead atoms. The second kappa shape index (κ2) is 10.2. The molecule has 2 amide bonds. The van der Waals surface area contributed by atoms with Gasteiger partial charge in [-0.25, -0.2) is 4.79 Å². The Morgan fingerprint density at radius 1 is 0.780 bits per heavy atom. The van der Waals surface area contributed by atoms with Crippen LogP contribution in [-0.4, -0.2) is 36.7 Å². The van der Waals surface area contributed by atoms with Crippen LogP contribution >= 0.6 is 0 Å². The Balaban J connectivity index is 1.41. The molecule has 41 heavy (non-hydrogen) atoms. The molecule has 1 aromatic carbocycles. The molecule has 3 atom stereocenters. The average molecular weight is 588 g/mol. The molecule has 5 nitrogen and oxygen atoms in total. The second-order valence-electron chi connectivity index (χ2n) is 9.96. The Kier molecular flexibility index (Phi) is 7.14. The quantitative estimate of drug-likeness (QED) is 0.354. The molecule has 0 radical (unpaired) electrons. The maximum Gasteiger partial charge on any atom is 0.416 e. The number of hydrogen-bond acceptors (Lipinski definition) is 3. The van der Waals surface area contributed by atoms with Gasteiger partial charge in [0.15, 0.2) is 0 Å². The monoisotopic (exact) mass is 588 g/mol. The number of aliphatic imine (C=N–C) groups is 2. The topological polar surface area (TPSA) is 65.8 Å². The standard InChI is InChI=1S/C27H21F9N4O/c28-25(29,30)15-3-1-14(2-4-15)21-22-20(12-19(39-23(21)22)13-5-7-37-8-6-13)40-24(41)38-18-10-16(26(31,32)33)9-17(11-18)27(34,35)36/h1,3,5,7,9-12,21-23H,2,4,6,8H2,(H2,38,40,41). The van der Waals surface area contributed by atoms with Crippen LogP contribution in [0.1, 0.15) is 30.4 Å². The first kappa shape index (κ1) is 28.7. The van der Waals surface area contributed by atoms with Crippen LogP contribution in [0, 0.1) is 11.8 Å². The third kappa shape index (κ3) is 6.25. The third-order valence-electron chi connectivity index (χ3n) is 7.22. The maximum absolute atomic E-state index is 13.2. The van der Waals surface area contributed by atoms with E-state index >= 15 is 0 Å². The number of urea groups is 1. The molecule has 1 fully saturated rings. The predicted molar refractivity (Wildman–Crippen MR) is 132 cm³/mol. The third-order valence-corrected chi connectivity index (χ3v) is 7.22. The smallest absolute Gasteiger partial charge is 0.311 e. The van der Waals surface area contributed by atoms with E-state index in [1.54, 1.807) is 18.4 Å². The largest absolute Gasteiger partial charge is 0.416 e. The van der Waals surface area contributed by atoms with Gasteiger partial charge in [0.05, 0.1) is 22.9 Å². The van der Waals surface area contributed by atoms with Crippen LogP contribution in [0.3, 0.4) is 0 Å². The van der Waals surface area contributed by atoms with E-state index in [1.807, 2.05) is 5.32 Å². The number of nitrogens with one attached hydrogen (secondary N) is 2. The highest BCUT2D eigenvalue weighted by atomic mass is 19.4. The molecule has 0 aromatic heterocycles. The number of allylic oxidation sites excluding steroid dienone is 5. The lowest BCUT2D eigenvalue weighted by molar-refractivity contribution is -0.143. The zero-order chi connectivity index (χ0) is 29.7. The van der Waals surface area contributed by atoms with Crippen LogP contribution in [0.25, 0.3) is 0 Å². The number of amides is 2. The van der Waals surface area contributed by atoms with Gasteiger partial charge in [-0.15, -0.1) is 0 Å². The van der Waals surface area contributed by atoms with E-state index in [1.165, 1.54) is 6.08 Å². The van der Waals surface area contributed by atoms with Crippen molar-refractivity contribution in [2.75, 3.05) is 11.9 Å². The molecule has 3 unspecified atom stereocenters. The van der Waals surface area contributed by atoms with Crippen molar-refractivity contribution in [1.82, 2.24) is 5.32 Å². The summed E-state index contributed by atoms with van der Waals surface area (Å²) < 4.78 is 119. The van der Waals surface area contributed by atoms with E-state index in [9.17, 15) is 44.3 Å². The fourth-order valence-electron chi connectivity index (χ4n) is 5.21. The SMILES string of the molecule is O=C(NC1=CC(C2=CC=NCC2)=NC2C(C3=CC=C(C(F)(F)F)CC3)C12)Nc1cc(C(F)(F)F)cc(C(F)(F)F)c1. The van der Waals surface area contributed by atoms with E-state index < -0.39 is 58.9 Å². The number of carbonyl (C=O) groups is 1. The molecule has 0 saturated heterocycles. The molecule has 1 aromatic rings. The van der Waals surface area contributed by atoms with E-state index in [0.29, 0.717) is 42.1 Å². The van der Waals surface area contributed by atoms with Gasteiger partial charge < -0.3 is 10.6 Å². The summed E-state index contributed by atoms with van der Waals surface area (Å²) in [6.45, 7) is 0.493. The first-order chi connectivity index (χ1) is 19.1. The first-order valence-electron chi connectivity index (χ1n) is 12.4. The van der Waals surface area contributed by atoms with Gasteiger partial charge >= 0.3 is 24.6 Å². The zero-order valence-electron chi connectivity index (χ0n) is 20.9. The molecule has 2 N–H and O–H groups in total. The minimum atomic E-state index is -5.09. The summed E-state index contributed by atoms with van der Waals surface area (Å²) in [6, 6.07) is -0.743. The van der Waals surface area contributed by atoms with Gasteiger partial charge in [0.25, 0.3) is 0 Å². The normalized spacial score (nSPS) is 24.3. The number of hydrogen-bond donors (Lipinski definition) is 2. The highest BCUT2D eigenvalue weighted by molar-refractivity contribution is 6.12. The van der Waals surface area contributed by atoms with Crippen molar-refractivity contribution < 1.29 is 44.3 Å². The number of fused-ring (bicyclic) bond motifs is 1. The highest BCUT2D eigenvalue weighted by Crippen LogP contribution is 2.55. The van der Waals surface area contributed by atoms with Gasteiger partial charge in [-0.1, -0.05) is 17.7 Å². The van der Waals surface area contributed by atoms with Crippen LogP contribution in [0.5, 0.6) is 0 Å². The summed E-state index contributed by atoms with van der Waals surface area (Å²) >= 11 is 0. The molecular weight excluding hydrogens is 567 g/mol. The van der Waals surface area contributed by atoms with Crippen LogP contribution < -0.4 is 10.6 Å². The lowest BCUT2D eigenvalue weighted by Gasteiger charge is -2.18. The van der Waals surface area contributed by atoms with Crippen LogP contribution in [-0.2, 0) is 12.4 Å². The van der Waals surface area contributed by atoms with Gasteiger partial charge in [0.2, 0.25) is 0 Å². The summed E-state index contributed by atoms with van der Waals surface area (Å²) in [6.07, 6.45) is -6.87. The zero-order valence-corrected chi connectivity index (χ0v) is 20.9. The number of dihydropyridines is 2. The Morgan fingerprint density at radius 3 is 2.00 bits per heavy atom. The Morgan fingerprint density at radius 2 is 1.46 bits per heavy atom. The lowest BCUT2D eigenvalue weighted by Crippen LogP contribution is -2.31. The molecule has 2 heterocycles. The summed E-state index contributed by atoms with van der Waals surface area (Å²) in [5.41, 5.74) is -2.23. The van der Waals surface area contributed by atoms with Crippen molar-refractivity contribution in [2.45, 2.75) is 43.8 Å². The highest BCUT2D eigenvalue weighted by Gasteiger charge is 2.56. The van der Waals surface area contributed by atoms with E-state index in [0.717, 1.165) is 11.6 Å². The molecular formula is C27H21F9N4O. The summed E-state index contributed by atoms with van der Waals surface area (Å²) in [4.78, 5) is 21.7. The number of nitrogens with zero attached hydrogens (tertiary/aromatic N) is 2. The molecule has 2 aliphatic heterocycles. The Bertz CT molecular complexity index is 1410. The van der Waals surface area contributed by atoms with E-state index in [4.69, 9.17) is 4.99 Å². The maximum atomic E-state index is 13.2. The van der Waals surface area contributed by atoms with E-state index in [-0.39, 0.29) is 24.8 Å². The molecule has 2 aliphatic carbocycles. The van der Waals surface area contributed by atoms with E-state index in [2.05, 4.69) is 10.3 Å². The van der Waals surface area contributed by atoms with Crippen LogP contribution in [0.15, 0.2) is 74.9 Å². The minimum absolute atomic E-state index is 0.0490. The number of carbonyl (C=O) groups excluding carboxylic acids is 1. The van der Waals surface area contributed by atoms with Crippen molar-refractivity contribution in [1.29, 1.82) is 0 Å². The number of rotatable bonds is 4. The van der Waals surface area contributed by atoms with Crippen molar-refractivity contribution in [3.63, 3.8) is 0 Å². The summed E-state index contributed by atoms with van der Waals surface area (Å²) in [5, 5.41) is 4.58. The number of halogens is 9. The van der Waals surface area contributed by atoms with Crippen molar-refractivity contribution in [3.8, 4) is 0 Å². The van der Waals surface area contributed by atoms with Crippen molar-refractivity contribution >= 4 is 23.6 Å². The first-order valence-corrected chi connectivity index (χ1v) is 12.4. The predicted octanol–water partition coefficient (Wildman–Crippen LogP) is 7.41. The molecule has 4 aliphatic rings. The fraction of sp³-hybridized carbons (Fsp3) is 0.370. The van der Waals surface area contributed by atoms with Crippen molar-refractivity contribution in [2.24, 2.45) is 21.8 Å². The summed E-state index contributed by atoms with van der Waals surface area (Å²) in [7, 11) is 0. The van der Waals surface area contributed by atoms with Gasteiger partial charge in [-0.2, -0.15) is 39.5 Å².